The van der Waals surface area contributed by atoms with E-state index in [1.807, 2.05) is 0 Å². The highest BCUT2D eigenvalue weighted by atomic mass is 32.2. The van der Waals surface area contributed by atoms with Crippen LogP contribution in [0.4, 0.5) is 5.69 Å². The minimum absolute atomic E-state index is 0.0116. The minimum Gasteiger partial charge on any atom is -0.467 e. The monoisotopic (exact) mass is 420 g/mol. The zero-order valence-corrected chi connectivity index (χ0v) is 16.6. The molecule has 1 saturated heterocycles. The smallest absolute Gasteiger partial charge is 0.270 e. The standard InChI is InChI=1S/C19H21N3O6S/c23-22(24)17-10-15(19-16(11-17)13-27-14-28-19)12-20-6-8-21(9-7-20)29(25,26)18-4-2-1-3-5-18/h1-5,10-11H,6-9,12-14H2/p+1. The number of rotatable bonds is 5. The summed E-state index contributed by atoms with van der Waals surface area (Å²) in [7, 11) is -3.50. The summed E-state index contributed by atoms with van der Waals surface area (Å²) in [6.07, 6.45) is 0. The number of benzene rings is 2. The van der Waals surface area contributed by atoms with Crippen molar-refractivity contribution in [3.63, 3.8) is 0 Å². The number of non-ortho nitro benzene ring substituents is 1. The van der Waals surface area contributed by atoms with Crippen LogP contribution < -0.4 is 9.64 Å². The Morgan fingerprint density at radius 2 is 1.86 bits per heavy atom. The van der Waals surface area contributed by atoms with Crippen LogP contribution in [0.1, 0.15) is 11.1 Å². The second-order valence-electron chi connectivity index (χ2n) is 7.10. The van der Waals surface area contributed by atoms with Crippen LogP contribution in [0.2, 0.25) is 0 Å². The van der Waals surface area contributed by atoms with Gasteiger partial charge in [0, 0.05) is 17.7 Å². The molecule has 0 bridgehead atoms. The number of piperazine rings is 1. The summed E-state index contributed by atoms with van der Waals surface area (Å²) in [5, 5.41) is 11.3. The Bertz CT molecular complexity index is 1000. The molecule has 2 aliphatic rings. The topological polar surface area (TPSA) is 103 Å². The molecule has 2 aromatic rings. The molecule has 154 valence electrons. The number of sulfonamides is 1. The van der Waals surface area contributed by atoms with E-state index in [1.165, 1.54) is 10.4 Å². The number of hydrogen-bond donors (Lipinski definition) is 1. The van der Waals surface area contributed by atoms with Gasteiger partial charge in [-0.05, 0) is 12.1 Å². The summed E-state index contributed by atoms with van der Waals surface area (Å²) in [5.74, 6) is 0.647. The van der Waals surface area contributed by atoms with Crippen LogP contribution in [0.15, 0.2) is 47.4 Å². The number of hydrogen-bond acceptors (Lipinski definition) is 6. The highest BCUT2D eigenvalue weighted by Gasteiger charge is 2.31. The van der Waals surface area contributed by atoms with Crippen molar-refractivity contribution in [3.8, 4) is 5.75 Å². The van der Waals surface area contributed by atoms with Crippen LogP contribution >= 0.6 is 0 Å². The van der Waals surface area contributed by atoms with E-state index in [0.29, 0.717) is 48.9 Å². The molecular formula is C19H22N3O6S+. The molecule has 0 amide bonds. The van der Waals surface area contributed by atoms with Gasteiger partial charge in [0.2, 0.25) is 10.0 Å². The first-order valence-corrected chi connectivity index (χ1v) is 10.8. The van der Waals surface area contributed by atoms with Gasteiger partial charge in [0.25, 0.3) is 5.69 Å². The van der Waals surface area contributed by atoms with Gasteiger partial charge in [-0.2, -0.15) is 4.31 Å². The molecular weight excluding hydrogens is 398 g/mol. The van der Waals surface area contributed by atoms with Gasteiger partial charge < -0.3 is 14.4 Å². The Morgan fingerprint density at radius 3 is 2.55 bits per heavy atom. The van der Waals surface area contributed by atoms with Crippen LogP contribution in [-0.2, 0) is 27.9 Å². The Kier molecular flexibility index (Phi) is 5.50. The molecule has 2 aromatic carbocycles. The second-order valence-corrected chi connectivity index (χ2v) is 9.04. The van der Waals surface area contributed by atoms with Crippen molar-refractivity contribution in [2.75, 3.05) is 33.0 Å². The van der Waals surface area contributed by atoms with E-state index in [4.69, 9.17) is 9.47 Å². The molecule has 2 heterocycles. The van der Waals surface area contributed by atoms with Crippen molar-refractivity contribution in [1.82, 2.24) is 4.31 Å². The van der Waals surface area contributed by atoms with Crippen molar-refractivity contribution >= 4 is 15.7 Å². The van der Waals surface area contributed by atoms with Gasteiger partial charge in [0.05, 0.1) is 48.2 Å². The number of nitro groups is 1. The highest BCUT2D eigenvalue weighted by molar-refractivity contribution is 7.89. The maximum Gasteiger partial charge on any atom is 0.270 e. The number of quaternary nitrogens is 1. The number of fused-ring (bicyclic) bond motifs is 1. The third-order valence-corrected chi connectivity index (χ3v) is 7.15. The number of ether oxygens (including phenoxy) is 2. The van der Waals surface area contributed by atoms with Crippen LogP contribution in [-0.4, -0.2) is 50.6 Å². The lowest BCUT2D eigenvalue weighted by Gasteiger charge is -2.32. The molecule has 0 radical (unpaired) electrons. The molecule has 0 atom stereocenters. The van der Waals surface area contributed by atoms with Gasteiger partial charge in [-0.25, -0.2) is 8.42 Å². The van der Waals surface area contributed by atoms with Gasteiger partial charge in [-0.3, -0.25) is 10.1 Å². The molecule has 4 rings (SSSR count). The molecule has 29 heavy (non-hydrogen) atoms. The average molecular weight is 420 g/mol. The first-order valence-electron chi connectivity index (χ1n) is 9.34. The second kappa shape index (κ2) is 8.07. The maximum atomic E-state index is 12.8. The Labute approximate surface area is 168 Å². The van der Waals surface area contributed by atoms with E-state index in [0.717, 1.165) is 10.5 Å². The Balaban J connectivity index is 1.48. The molecule has 0 saturated carbocycles. The van der Waals surface area contributed by atoms with Crippen LogP contribution in [0.25, 0.3) is 0 Å². The first kappa shape index (κ1) is 19.8. The van der Waals surface area contributed by atoms with Crippen molar-refractivity contribution in [1.29, 1.82) is 0 Å². The molecule has 2 aliphatic heterocycles. The molecule has 0 unspecified atom stereocenters. The van der Waals surface area contributed by atoms with Crippen LogP contribution in [0, 0.1) is 10.1 Å². The van der Waals surface area contributed by atoms with E-state index >= 15 is 0 Å². The van der Waals surface area contributed by atoms with E-state index in [-0.39, 0.29) is 19.1 Å². The molecule has 0 aliphatic carbocycles. The molecule has 9 nitrogen and oxygen atoms in total. The maximum absolute atomic E-state index is 12.8. The van der Waals surface area contributed by atoms with E-state index < -0.39 is 14.9 Å². The fourth-order valence-electron chi connectivity index (χ4n) is 3.75. The first-order chi connectivity index (χ1) is 13.9. The number of nitrogens with one attached hydrogen (secondary N) is 1. The molecule has 1 fully saturated rings. The predicted octanol–water partition coefficient (Wildman–Crippen LogP) is 0.551. The fraction of sp³-hybridized carbons (Fsp3) is 0.368. The van der Waals surface area contributed by atoms with Crippen LogP contribution in [0.3, 0.4) is 0 Å². The highest BCUT2D eigenvalue weighted by Crippen LogP contribution is 2.32. The molecule has 10 heteroatoms. The fourth-order valence-corrected chi connectivity index (χ4v) is 5.21. The zero-order chi connectivity index (χ0) is 20.4. The van der Waals surface area contributed by atoms with Gasteiger partial charge in [0.15, 0.2) is 6.79 Å². The SMILES string of the molecule is O=[N+]([O-])c1cc2c(c(C[NH+]3CCN(S(=O)(=O)c4ccccc4)CC3)c1)OCOC2. The number of nitro benzene ring substituents is 1. The largest absolute Gasteiger partial charge is 0.467 e. The Morgan fingerprint density at radius 1 is 1.14 bits per heavy atom. The summed E-state index contributed by atoms with van der Waals surface area (Å²) < 4.78 is 37.9. The Hall–Kier alpha value is -2.53. The third kappa shape index (κ3) is 4.10. The molecule has 0 spiro atoms. The summed E-state index contributed by atoms with van der Waals surface area (Å²) in [6.45, 7) is 2.95. The molecule has 1 N–H and O–H groups in total. The van der Waals surface area contributed by atoms with E-state index in [1.54, 1.807) is 36.4 Å². The van der Waals surface area contributed by atoms with E-state index in [2.05, 4.69) is 0 Å². The van der Waals surface area contributed by atoms with Gasteiger partial charge >= 0.3 is 0 Å². The summed E-state index contributed by atoms with van der Waals surface area (Å²) in [4.78, 5) is 12.3. The summed E-state index contributed by atoms with van der Waals surface area (Å²) >= 11 is 0. The molecule has 0 aromatic heterocycles. The number of nitrogens with zero attached hydrogens (tertiary/aromatic N) is 2. The lowest BCUT2D eigenvalue weighted by Crippen LogP contribution is -3.13. The summed E-state index contributed by atoms with van der Waals surface area (Å²) in [5.41, 5.74) is 1.44. The van der Waals surface area contributed by atoms with E-state index in [9.17, 15) is 18.5 Å². The average Bonchev–Trinajstić information content (AvgIpc) is 2.74. The van der Waals surface area contributed by atoms with Crippen molar-refractivity contribution in [2.24, 2.45) is 0 Å². The normalized spacial score (nSPS) is 18.1. The van der Waals surface area contributed by atoms with Crippen LogP contribution in [0.5, 0.6) is 5.75 Å². The summed E-state index contributed by atoms with van der Waals surface area (Å²) in [6, 6.07) is 11.4. The quantitative estimate of drug-likeness (QED) is 0.560. The lowest BCUT2D eigenvalue weighted by molar-refractivity contribution is -0.917. The minimum atomic E-state index is -3.50. The van der Waals surface area contributed by atoms with Crippen molar-refractivity contribution < 1.29 is 27.7 Å². The third-order valence-electron chi connectivity index (χ3n) is 5.23. The van der Waals surface area contributed by atoms with Gasteiger partial charge in [-0.1, -0.05) is 18.2 Å². The zero-order valence-electron chi connectivity index (χ0n) is 15.7. The lowest BCUT2D eigenvalue weighted by atomic mass is 10.1. The van der Waals surface area contributed by atoms with Crippen molar-refractivity contribution in [3.05, 3.63) is 63.7 Å². The van der Waals surface area contributed by atoms with Crippen molar-refractivity contribution in [2.45, 2.75) is 18.0 Å². The van der Waals surface area contributed by atoms with Gasteiger partial charge in [-0.15, -0.1) is 0 Å². The predicted molar refractivity (Wildman–Crippen MR) is 103 cm³/mol. The van der Waals surface area contributed by atoms with Gasteiger partial charge in [0.1, 0.15) is 12.3 Å².